The summed E-state index contributed by atoms with van der Waals surface area (Å²) in [6, 6.07) is 0. The van der Waals surface area contributed by atoms with Crippen molar-refractivity contribution in [3.8, 4) is 0 Å². The zero-order valence-electron chi connectivity index (χ0n) is 9.96. The first-order valence-electron chi connectivity index (χ1n) is 6.40. The average Bonchev–Trinajstić information content (AvgIpc) is 2.88. The van der Waals surface area contributed by atoms with Gasteiger partial charge in [-0.3, -0.25) is 4.79 Å². The fourth-order valence-electron chi connectivity index (χ4n) is 3.13. The summed E-state index contributed by atoms with van der Waals surface area (Å²) in [6.07, 6.45) is 11.7. The normalized spacial score (nSPS) is 34.9. The molecule has 94 valence electrons. The van der Waals surface area contributed by atoms with E-state index in [2.05, 4.69) is 24.3 Å². The van der Waals surface area contributed by atoms with E-state index in [1.54, 1.807) is 0 Å². The average molecular weight is 236 g/mol. The molecule has 1 saturated carbocycles. The van der Waals surface area contributed by atoms with E-state index in [-0.39, 0.29) is 13.0 Å². The van der Waals surface area contributed by atoms with Crippen LogP contribution in [0.1, 0.15) is 25.7 Å². The van der Waals surface area contributed by atoms with Gasteiger partial charge in [0, 0.05) is 13.0 Å². The Hall–Kier alpha value is -1.09. The fraction of sp³-hybridized carbons (Fsp3) is 0.643. The fourth-order valence-corrected chi connectivity index (χ4v) is 3.13. The summed E-state index contributed by atoms with van der Waals surface area (Å²) in [5, 5.41) is 17.9. The van der Waals surface area contributed by atoms with E-state index in [1.165, 1.54) is 6.42 Å². The van der Waals surface area contributed by atoms with Crippen LogP contribution < -0.4 is 0 Å². The molecule has 4 unspecified atom stereocenters. The second-order valence-corrected chi connectivity index (χ2v) is 5.09. The van der Waals surface area contributed by atoms with Gasteiger partial charge in [-0.1, -0.05) is 24.3 Å². The first-order valence-corrected chi connectivity index (χ1v) is 6.40. The minimum atomic E-state index is -0.727. The van der Waals surface area contributed by atoms with Gasteiger partial charge in [0.1, 0.15) is 0 Å². The number of carboxylic acid groups (broad SMARTS) is 1. The lowest BCUT2D eigenvalue weighted by Gasteiger charge is -2.23. The number of allylic oxidation sites excluding steroid dienone is 4. The standard InChI is InChI=1S/C14H20O3/c15-9-13-11-7-6-10(8-11)12(13)4-2-1-3-5-14(16)17/h2,4,6-7,10-13,15H,1,3,5,8-9H2,(H,16,17). The van der Waals surface area contributed by atoms with E-state index < -0.39 is 5.97 Å². The summed E-state index contributed by atoms with van der Waals surface area (Å²) in [7, 11) is 0. The summed E-state index contributed by atoms with van der Waals surface area (Å²) in [5.74, 6) is 1.25. The van der Waals surface area contributed by atoms with Crippen LogP contribution in [0, 0.1) is 23.7 Å². The molecule has 2 N–H and O–H groups in total. The summed E-state index contributed by atoms with van der Waals surface area (Å²) < 4.78 is 0. The first-order chi connectivity index (χ1) is 8.22. The van der Waals surface area contributed by atoms with Crippen LogP contribution in [0.2, 0.25) is 0 Å². The Balaban J connectivity index is 1.80. The number of unbranched alkanes of at least 4 members (excludes halogenated alkanes) is 1. The molecule has 0 heterocycles. The highest BCUT2D eigenvalue weighted by atomic mass is 16.4. The molecule has 2 bridgehead atoms. The number of aliphatic hydroxyl groups excluding tert-OH is 1. The van der Waals surface area contributed by atoms with Crippen LogP contribution in [0.25, 0.3) is 0 Å². The maximum absolute atomic E-state index is 10.4. The molecule has 3 heteroatoms. The molecule has 3 nitrogen and oxygen atoms in total. The quantitative estimate of drug-likeness (QED) is 0.549. The topological polar surface area (TPSA) is 57.5 Å². The highest BCUT2D eigenvalue weighted by molar-refractivity contribution is 5.66. The summed E-state index contributed by atoms with van der Waals surface area (Å²) >= 11 is 0. The highest BCUT2D eigenvalue weighted by Crippen LogP contribution is 2.48. The second kappa shape index (κ2) is 5.50. The molecule has 2 rings (SSSR count). The Morgan fingerprint density at radius 2 is 2.12 bits per heavy atom. The third kappa shape index (κ3) is 2.78. The number of aliphatic carboxylic acids is 1. The largest absolute Gasteiger partial charge is 0.481 e. The van der Waals surface area contributed by atoms with E-state index in [0.29, 0.717) is 30.1 Å². The molecule has 0 aliphatic heterocycles. The molecule has 0 radical (unpaired) electrons. The predicted molar refractivity (Wildman–Crippen MR) is 65.4 cm³/mol. The van der Waals surface area contributed by atoms with Gasteiger partial charge >= 0.3 is 5.97 Å². The number of carbonyl (C=O) groups is 1. The van der Waals surface area contributed by atoms with Gasteiger partial charge in [-0.2, -0.15) is 0 Å². The zero-order valence-corrected chi connectivity index (χ0v) is 9.96. The number of rotatable bonds is 6. The van der Waals surface area contributed by atoms with E-state index in [9.17, 15) is 9.90 Å². The number of hydrogen-bond donors (Lipinski definition) is 2. The Kier molecular flexibility index (Phi) is 4.00. The molecule has 0 aromatic heterocycles. The lowest BCUT2D eigenvalue weighted by molar-refractivity contribution is -0.137. The molecular formula is C14H20O3. The predicted octanol–water partition coefficient (Wildman–Crippen LogP) is 2.23. The van der Waals surface area contributed by atoms with Gasteiger partial charge in [-0.25, -0.2) is 0 Å². The molecular weight excluding hydrogens is 216 g/mol. The van der Waals surface area contributed by atoms with Crippen molar-refractivity contribution in [2.24, 2.45) is 23.7 Å². The molecule has 0 aromatic carbocycles. The molecule has 1 fully saturated rings. The van der Waals surface area contributed by atoms with E-state index in [4.69, 9.17) is 5.11 Å². The van der Waals surface area contributed by atoms with Crippen LogP contribution in [-0.2, 0) is 4.79 Å². The Morgan fingerprint density at radius 3 is 2.82 bits per heavy atom. The van der Waals surface area contributed by atoms with Crippen molar-refractivity contribution in [1.82, 2.24) is 0 Å². The van der Waals surface area contributed by atoms with Gasteiger partial charge in [-0.15, -0.1) is 0 Å². The van der Waals surface area contributed by atoms with Crippen LogP contribution >= 0.6 is 0 Å². The van der Waals surface area contributed by atoms with E-state index in [0.717, 1.165) is 6.42 Å². The van der Waals surface area contributed by atoms with Crippen molar-refractivity contribution in [1.29, 1.82) is 0 Å². The summed E-state index contributed by atoms with van der Waals surface area (Å²) in [4.78, 5) is 10.4. The number of carboxylic acids is 1. The third-order valence-electron chi connectivity index (χ3n) is 4.02. The molecule has 0 spiro atoms. The van der Waals surface area contributed by atoms with Crippen LogP contribution in [0.15, 0.2) is 24.3 Å². The number of aliphatic hydroxyl groups is 1. The Bertz CT molecular complexity index is 332. The number of fused-ring (bicyclic) bond motifs is 2. The highest BCUT2D eigenvalue weighted by Gasteiger charge is 2.42. The molecule has 2 aliphatic carbocycles. The van der Waals surface area contributed by atoms with E-state index in [1.807, 2.05) is 0 Å². The Morgan fingerprint density at radius 1 is 1.35 bits per heavy atom. The monoisotopic (exact) mass is 236 g/mol. The molecule has 0 saturated heterocycles. The minimum Gasteiger partial charge on any atom is -0.481 e. The van der Waals surface area contributed by atoms with Crippen LogP contribution in [0.3, 0.4) is 0 Å². The van der Waals surface area contributed by atoms with Crippen molar-refractivity contribution < 1.29 is 15.0 Å². The number of hydrogen-bond acceptors (Lipinski definition) is 2. The van der Waals surface area contributed by atoms with Gasteiger partial charge in [0.25, 0.3) is 0 Å². The van der Waals surface area contributed by atoms with Crippen molar-refractivity contribution in [3.63, 3.8) is 0 Å². The first kappa shape index (κ1) is 12.4. The van der Waals surface area contributed by atoms with Crippen LogP contribution in [0.5, 0.6) is 0 Å². The molecule has 2 aliphatic rings. The smallest absolute Gasteiger partial charge is 0.303 e. The zero-order chi connectivity index (χ0) is 12.3. The molecule has 4 atom stereocenters. The van der Waals surface area contributed by atoms with Crippen molar-refractivity contribution >= 4 is 5.97 Å². The van der Waals surface area contributed by atoms with Gasteiger partial charge in [0.15, 0.2) is 0 Å². The maximum Gasteiger partial charge on any atom is 0.303 e. The van der Waals surface area contributed by atoms with Gasteiger partial charge in [-0.05, 0) is 42.9 Å². The van der Waals surface area contributed by atoms with E-state index >= 15 is 0 Å². The Labute approximate surface area is 102 Å². The van der Waals surface area contributed by atoms with Crippen LogP contribution in [-0.4, -0.2) is 22.8 Å². The lowest BCUT2D eigenvalue weighted by atomic mass is 9.83. The SMILES string of the molecule is O=C(O)CCCC=CC1C2C=CC(C2)C1CO. The maximum atomic E-state index is 10.4. The van der Waals surface area contributed by atoms with Gasteiger partial charge in [0.2, 0.25) is 0 Å². The minimum absolute atomic E-state index is 0.240. The summed E-state index contributed by atoms with van der Waals surface area (Å²) in [5.41, 5.74) is 0. The third-order valence-corrected chi connectivity index (χ3v) is 4.02. The molecule has 0 amide bonds. The van der Waals surface area contributed by atoms with Gasteiger partial charge in [0.05, 0.1) is 0 Å². The van der Waals surface area contributed by atoms with Crippen molar-refractivity contribution in [2.45, 2.75) is 25.7 Å². The van der Waals surface area contributed by atoms with Gasteiger partial charge < -0.3 is 10.2 Å². The van der Waals surface area contributed by atoms with Crippen molar-refractivity contribution in [2.75, 3.05) is 6.61 Å². The summed E-state index contributed by atoms with van der Waals surface area (Å²) in [6.45, 7) is 0.260. The second-order valence-electron chi connectivity index (χ2n) is 5.09. The molecule has 17 heavy (non-hydrogen) atoms. The van der Waals surface area contributed by atoms with Crippen LogP contribution in [0.4, 0.5) is 0 Å². The lowest BCUT2D eigenvalue weighted by Crippen LogP contribution is -2.21. The molecule has 0 aromatic rings. The van der Waals surface area contributed by atoms with Crippen molar-refractivity contribution in [3.05, 3.63) is 24.3 Å².